The molecule has 4 rings (SSSR count). The molecule has 0 bridgehead atoms. The Bertz CT molecular complexity index is 981. The average molecular weight is 396 g/mol. The van der Waals surface area contributed by atoms with Gasteiger partial charge in [-0.25, -0.2) is 0 Å². The lowest BCUT2D eigenvalue weighted by Crippen LogP contribution is -2.40. The van der Waals surface area contributed by atoms with Crippen LogP contribution in [0.25, 0.3) is 10.8 Å². The highest BCUT2D eigenvalue weighted by Crippen LogP contribution is 2.27. The van der Waals surface area contributed by atoms with Gasteiger partial charge in [0.1, 0.15) is 5.82 Å². The maximum atomic E-state index is 12.7. The van der Waals surface area contributed by atoms with Crippen molar-refractivity contribution in [1.29, 1.82) is 0 Å². The summed E-state index contributed by atoms with van der Waals surface area (Å²) in [5.74, 6) is 1.36. The van der Waals surface area contributed by atoms with E-state index in [0.29, 0.717) is 12.5 Å². The van der Waals surface area contributed by atoms with Crippen LogP contribution in [0.5, 0.6) is 0 Å². The Labute approximate surface area is 169 Å². The Morgan fingerprint density at radius 2 is 2.04 bits per heavy atom. The molecule has 7 heteroatoms. The van der Waals surface area contributed by atoms with Crippen molar-refractivity contribution in [3.63, 3.8) is 0 Å². The minimum absolute atomic E-state index is 0.0276. The van der Waals surface area contributed by atoms with Gasteiger partial charge in [0, 0.05) is 30.6 Å². The van der Waals surface area contributed by atoms with Crippen LogP contribution >= 0.6 is 11.8 Å². The molecule has 28 heavy (non-hydrogen) atoms. The number of benzene rings is 2. The van der Waals surface area contributed by atoms with Gasteiger partial charge in [0.2, 0.25) is 5.91 Å². The van der Waals surface area contributed by atoms with Crippen LogP contribution in [0.15, 0.2) is 47.6 Å². The van der Waals surface area contributed by atoms with E-state index in [1.807, 2.05) is 43.6 Å². The van der Waals surface area contributed by atoms with E-state index < -0.39 is 0 Å². The molecule has 0 aliphatic carbocycles. The number of nitrogens with zero attached hydrogens (tertiary/aromatic N) is 4. The van der Waals surface area contributed by atoms with Crippen molar-refractivity contribution in [1.82, 2.24) is 19.7 Å². The number of hydrogen-bond acceptors (Lipinski definition) is 5. The van der Waals surface area contributed by atoms with Gasteiger partial charge in [0.15, 0.2) is 5.16 Å². The van der Waals surface area contributed by atoms with Crippen molar-refractivity contribution >= 4 is 34.1 Å². The Kier molecular flexibility index (Phi) is 5.64. The van der Waals surface area contributed by atoms with Crippen molar-refractivity contribution in [2.45, 2.75) is 23.9 Å². The van der Waals surface area contributed by atoms with E-state index in [4.69, 9.17) is 0 Å². The van der Waals surface area contributed by atoms with Gasteiger partial charge in [-0.2, -0.15) is 0 Å². The minimum Gasteiger partial charge on any atom is -0.324 e. The highest BCUT2D eigenvalue weighted by atomic mass is 32.2. The number of thioether (sulfide) groups is 1. The van der Waals surface area contributed by atoms with Gasteiger partial charge in [-0.3, -0.25) is 9.69 Å². The van der Waals surface area contributed by atoms with Crippen LogP contribution in [0.4, 0.5) is 5.69 Å². The second kappa shape index (κ2) is 8.32. The first kappa shape index (κ1) is 19.0. The number of aromatic nitrogens is 3. The van der Waals surface area contributed by atoms with Crippen LogP contribution in [0, 0.1) is 0 Å². The average Bonchev–Trinajstić information content (AvgIpc) is 3.09. The molecular formula is C21H25N5OS. The summed E-state index contributed by atoms with van der Waals surface area (Å²) in [5.41, 5.74) is 0.870. The van der Waals surface area contributed by atoms with Crippen molar-refractivity contribution in [3.8, 4) is 0 Å². The molecule has 1 aliphatic heterocycles. The highest BCUT2D eigenvalue weighted by molar-refractivity contribution is 7.98. The summed E-state index contributed by atoms with van der Waals surface area (Å²) < 4.78 is 2.08. The molecule has 0 spiro atoms. The summed E-state index contributed by atoms with van der Waals surface area (Å²) in [6, 6.07) is 14.1. The molecule has 1 saturated heterocycles. The third kappa shape index (κ3) is 3.91. The standard InChI is InChI=1S/C21H25N5OS/c1-25-20(23-24-21(25)28-2)16-9-6-12-26(13-16)14-19(27)22-18-11-5-8-15-7-3-4-10-17(15)18/h3-5,7-8,10-11,16H,6,9,12-14H2,1-2H3,(H,22,27). The predicted octanol–water partition coefficient (Wildman–Crippen LogP) is 3.51. The van der Waals surface area contributed by atoms with Gasteiger partial charge in [-0.1, -0.05) is 48.2 Å². The van der Waals surface area contributed by atoms with Gasteiger partial charge in [-0.05, 0) is 37.1 Å². The lowest BCUT2D eigenvalue weighted by atomic mass is 9.97. The van der Waals surface area contributed by atoms with E-state index in [1.54, 1.807) is 11.8 Å². The van der Waals surface area contributed by atoms with E-state index in [1.165, 1.54) is 0 Å². The Morgan fingerprint density at radius 3 is 2.86 bits per heavy atom. The number of carbonyl (C=O) groups is 1. The fourth-order valence-electron chi connectivity index (χ4n) is 4.00. The fourth-order valence-corrected chi connectivity index (χ4v) is 4.49. The van der Waals surface area contributed by atoms with Gasteiger partial charge in [0.05, 0.1) is 6.54 Å². The normalized spacial score (nSPS) is 17.7. The maximum absolute atomic E-state index is 12.7. The number of fused-ring (bicyclic) bond motifs is 1. The van der Waals surface area contributed by atoms with E-state index in [2.05, 4.69) is 37.1 Å². The van der Waals surface area contributed by atoms with Crippen molar-refractivity contribution in [2.24, 2.45) is 7.05 Å². The molecule has 3 aromatic rings. The first-order valence-electron chi connectivity index (χ1n) is 9.59. The number of likely N-dealkylation sites (tertiary alicyclic amines) is 1. The van der Waals surface area contributed by atoms with Crippen LogP contribution in [-0.2, 0) is 11.8 Å². The summed E-state index contributed by atoms with van der Waals surface area (Å²) in [4.78, 5) is 14.9. The molecule has 1 aromatic heterocycles. The number of anilines is 1. The lowest BCUT2D eigenvalue weighted by Gasteiger charge is -2.31. The molecule has 0 radical (unpaired) electrons. The van der Waals surface area contributed by atoms with E-state index in [9.17, 15) is 4.79 Å². The first-order valence-corrected chi connectivity index (χ1v) is 10.8. The topological polar surface area (TPSA) is 63.1 Å². The third-order valence-electron chi connectivity index (χ3n) is 5.35. The van der Waals surface area contributed by atoms with Gasteiger partial charge < -0.3 is 9.88 Å². The van der Waals surface area contributed by atoms with E-state index >= 15 is 0 Å². The number of rotatable bonds is 5. The second-order valence-corrected chi connectivity index (χ2v) is 8.03. The molecule has 1 atom stereocenters. The zero-order valence-electron chi connectivity index (χ0n) is 16.3. The quantitative estimate of drug-likeness (QED) is 0.670. The molecule has 2 aromatic carbocycles. The van der Waals surface area contributed by atoms with Crippen LogP contribution in [-0.4, -0.2) is 51.5 Å². The molecular weight excluding hydrogens is 370 g/mol. The molecule has 6 nitrogen and oxygen atoms in total. The number of hydrogen-bond donors (Lipinski definition) is 1. The largest absolute Gasteiger partial charge is 0.324 e. The summed E-state index contributed by atoms with van der Waals surface area (Å²) in [7, 11) is 2.02. The van der Waals surface area contributed by atoms with Crippen molar-refractivity contribution in [2.75, 3.05) is 31.2 Å². The van der Waals surface area contributed by atoms with E-state index in [-0.39, 0.29) is 5.91 Å². The summed E-state index contributed by atoms with van der Waals surface area (Å²) in [5, 5.41) is 14.9. The smallest absolute Gasteiger partial charge is 0.238 e. The number of piperidine rings is 1. The highest BCUT2D eigenvalue weighted by Gasteiger charge is 2.27. The molecule has 146 valence electrons. The predicted molar refractivity (Wildman–Crippen MR) is 114 cm³/mol. The van der Waals surface area contributed by atoms with Crippen molar-refractivity contribution in [3.05, 3.63) is 48.3 Å². The van der Waals surface area contributed by atoms with Crippen molar-refractivity contribution < 1.29 is 4.79 Å². The Balaban J connectivity index is 1.42. The zero-order valence-corrected chi connectivity index (χ0v) is 17.1. The SMILES string of the molecule is CSc1nnc(C2CCCN(CC(=O)Nc3cccc4ccccc34)C2)n1C. The molecule has 1 unspecified atom stereocenters. The fraction of sp³-hybridized carbons (Fsp3) is 0.381. The van der Waals surface area contributed by atoms with Crippen LogP contribution in [0.2, 0.25) is 0 Å². The third-order valence-corrected chi connectivity index (χ3v) is 6.07. The van der Waals surface area contributed by atoms with Gasteiger partial charge >= 0.3 is 0 Å². The molecule has 1 amide bonds. The van der Waals surface area contributed by atoms with Crippen LogP contribution < -0.4 is 5.32 Å². The number of carbonyl (C=O) groups excluding carboxylic acids is 1. The monoisotopic (exact) mass is 395 g/mol. The summed E-state index contributed by atoms with van der Waals surface area (Å²) in [6.45, 7) is 2.17. The molecule has 2 heterocycles. The Morgan fingerprint density at radius 1 is 1.21 bits per heavy atom. The first-order chi connectivity index (χ1) is 13.7. The number of amides is 1. The molecule has 0 saturated carbocycles. The zero-order chi connectivity index (χ0) is 19.5. The van der Waals surface area contributed by atoms with E-state index in [0.717, 1.165) is 53.4 Å². The number of nitrogens with one attached hydrogen (secondary N) is 1. The Hall–Kier alpha value is -2.38. The van der Waals surface area contributed by atoms with Gasteiger partial charge in [0.25, 0.3) is 0 Å². The summed E-state index contributed by atoms with van der Waals surface area (Å²) >= 11 is 1.61. The molecule has 1 N–H and O–H groups in total. The summed E-state index contributed by atoms with van der Waals surface area (Å²) in [6.07, 6.45) is 4.16. The van der Waals surface area contributed by atoms with Gasteiger partial charge in [-0.15, -0.1) is 10.2 Å². The molecule has 1 aliphatic rings. The van der Waals surface area contributed by atoms with Crippen LogP contribution in [0.3, 0.4) is 0 Å². The van der Waals surface area contributed by atoms with Crippen LogP contribution in [0.1, 0.15) is 24.6 Å². The lowest BCUT2D eigenvalue weighted by molar-refractivity contribution is -0.117. The minimum atomic E-state index is 0.0276. The molecule has 1 fully saturated rings. The second-order valence-electron chi connectivity index (χ2n) is 7.25. The maximum Gasteiger partial charge on any atom is 0.238 e.